The van der Waals surface area contributed by atoms with E-state index in [9.17, 15) is 13.2 Å². The highest BCUT2D eigenvalue weighted by Gasteiger charge is 2.42. The van der Waals surface area contributed by atoms with Crippen molar-refractivity contribution in [2.45, 2.75) is 43.4 Å². The van der Waals surface area contributed by atoms with Crippen LogP contribution in [0.1, 0.15) is 32.1 Å². The number of carbonyl (C=O) groups is 1. The van der Waals surface area contributed by atoms with Crippen molar-refractivity contribution in [1.82, 2.24) is 4.31 Å². The average Bonchev–Trinajstić information content (AvgIpc) is 2.47. The molecule has 0 aromatic rings. The summed E-state index contributed by atoms with van der Waals surface area (Å²) in [7, 11) is -2.17. The van der Waals surface area contributed by atoms with E-state index in [-0.39, 0.29) is 18.4 Å². The summed E-state index contributed by atoms with van der Waals surface area (Å²) in [6, 6.07) is -0.828. The third-order valence-electron chi connectivity index (χ3n) is 3.85. The van der Waals surface area contributed by atoms with Crippen molar-refractivity contribution in [1.29, 1.82) is 0 Å². The second kappa shape index (κ2) is 6.19. The molecule has 0 spiro atoms. The first-order valence-electron chi connectivity index (χ1n) is 6.73. The molecule has 0 aromatic heterocycles. The van der Waals surface area contributed by atoms with Crippen LogP contribution in [0, 0.1) is 0 Å². The van der Waals surface area contributed by atoms with Crippen LogP contribution in [-0.2, 0) is 24.3 Å². The van der Waals surface area contributed by atoms with Crippen molar-refractivity contribution in [3.05, 3.63) is 0 Å². The van der Waals surface area contributed by atoms with E-state index in [4.69, 9.17) is 4.74 Å². The zero-order valence-electron chi connectivity index (χ0n) is 11.2. The molecule has 19 heavy (non-hydrogen) atoms. The minimum atomic E-state index is -3.44. The topological polar surface area (TPSA) is 72.9 Å². The number of morpholine rings is 1. The fourth-order valence-corrected chi connectivity index (χ4v) is 4.91. The van der Waals surface area contributed by atoms with E-state index in [0.717, 1.165) is 19.3 Å². The Morgan fingerprint density at radius 1 is 1.26 bits per heavy atom. The first-order valence-corrected chi connectivity index (χ1v) is 8.24. The standard InChI is InChI=1S/C12H21NO5S/c1-17-12(14)11-9-18-8-7-13(11)19(15,16)10-5-3-2-4-6-10/h10-11H,2-9H2,1H3. The van der Waals surface area contributed by atoms with Crippen LogP contribution >= 0.6 is 0 Å². The molecule has 1 atom stereocenters. The van der Waals surface area contributed by atoms with Gasteiger partial charge in [-0.2, -0.15) is 4.31 Å². The Labute approximate surface area is 114 Å². The summed E-state index contributed by atoms with van der Waals surface area (Å²) in [5, 5.41) is -0.355. The van der Waals surface area contributed by atoms with Gasteiger partial charge in [0.2, 0.25) is 10.0 Å². The second-order valence-electron chi connectivity index (χ2n) is 5.03. The normalized spacial score (nSPS) is 27.1. The zero-order valence-corrected chi connectivity index (χ0v) is 12.0. The highest BCUT2D eigenvalue weighted by molar-refractivity contribution is 7.89. The third kappa shape index (κ3) is 3.09. The number of nitrogens with zero attached hydrogens (tertiary/aromatic N) is 1. The van der Waals surface area contributed by atoms with Crippen molar-refractivity contribution >= 4 is 16.0 Å². The summed E-state index contributed by atoms with van der Waals surface area (Å²) in [5.74, 6) is -0.543. The summed E-state index contributed by atoms with van der Waals surface area (Å²) in [6.45, 7) is 0.649. The number of carbonyl (C=O) groups excluding carboxylic acids is 1. The van der Waals surface area contributed by atoms with Crippen LogP contribution in [0.15, 0.2) is 0 Å². The molecule has 110 valence electrons. The number of methoxy groups -OCH3 is 1. The van der Waals surface area contributed by atoms with Gasteiger partial charge in [-0.15, -0.1) is 0 Å². The molecule has 6 nitrogen and oxygen atoms in total. The van der Waals surface area contributed by atoms with Gasteiger partial charge in [-0.25, -0.2) is 8.42 Å². The van der Waals surface area contributed by atoms with E-state index in [1.807, 2.05) is 0 Å². The highest BCUT2D eigenvalue weighted by Crippen LogP contribution is 2.28. The lowest BCUT2D eigenvalue weighted by Gasteiger charge is -2.36. The Bertz CT molecular complexity index is 416. The van der Waals surface area contributed by atoms with Gasteiger partial charge in [0.05, 0.1) is 25.6 Å². The van der Waals surface area contributed by atoms with E-state index < -0.39 is 22.0 Å². The predicted molar refractivity (Wildman–Crippen MR) is 69.1 cm³/mol. The maximum Gasteiger partial charge on any atom is 0.326 e. The van der Waals surface area contributed by atoms with Crippen molar-refractivity contribution in [2.75, 3.05) is 26.9 Å². The Morgan fingerprint density at radius 2 is 1.95 bits per heavy atom. The lowest BCUT2D eigenvalue weighted by Crippen LogP contribution is -2.55. The molecule has 2 aliphatic rings. The van der Waals surface area contributed by atoms with Crippen LogP contribution in [0.25, 0.3) is 0 Å². The van der Waals surface area contributed by atoms with Crippen LogP contribution in [0.2, 0.25) is 0 Å². The van der Waals surface area contributed by atoms with Gasteiger partial charge in [0.25, 0.3) is 0 Å². The first kappa shape index (κ1) is 14.7. The maximum atomic E-state index is 12.6. The molecule has 0 radical (unpaired) electrons. The van der Waals surface area contributed by atoms with Crippen LogP contribution in [0.4, 0.5) is 0 Å². The van der Waals surface area contributed by atoms with Gasteiger partial charge in [-0.3, -0.25) is 4.79 Å². The van der Waals surface area contributed by atoms with Crippen molar-refractivity contribution < 1.29 is 22.7 Å². The van der Waals surface area contributed by atoms with Crippen LogP contribution in [0.3, 0.4) is 0 Å². The highest BCUT2D eigenvalue weighted by atomic mass is 32.2. The Morgan fingerprint density at radius 3 is 2.58 bits per heavy atom. The van der Waals surface area contributed by atoms with Gasteiger partial charge >= 0.3 is 5.97 Å². The van der Waals surface area contributed by atoms with Gasteiger partial charge < -0.3 is 9.47 Å². The molecule has 7 heteroatoms. The summed E-state index contributed by atoms with van der Waals surface area (Å²) in [4.78, 5) is 11.7. The lowest BCUT2D eigenvalue weighted by atomic mass is 10.0. The Hall–Kier alpha value is -0.660. The number of ether oxygens (including phenoxy) is 2. The molecular weight excluding hydrogens is 270 g/mol. The monoisotopic (exact) mass is 291 g/mol. The molecule has 2 rings (SSSR count). The lowest BCUT2D eigenvalue weighted by molar-refractivity contribution is -0.149. The average molecular weight is 291 g/mol. The maximum absolute atomic E-state index is 12.6. The molecule has 1 unspecified atom stereocenters. The summed E-state index contributed by atoms with van der Waals surface area (Å²) < 4.78 is 36.4. The molecule has 1 saturated carbocycles. The molecule has 1 aliphatic carbocycles. The largest absolute Gasteiger partial charge is 0.468 e. The number of hydrogen-bond donors (Lipinski definition) is 0. The molecule has 2 fully saturated rings. The Kier molecular flexibility index (Phi) is 4.81. The minimum absolute atomic E-state index is 0.0820. The number of hydrogen-bond acceptors (Lipinski definition) is 5. The third-order valence-corrected chi connectivity index (χ3v) is 6.26. The minimum Gasteiger partial charge on any atom is -0.468 e. The SMILES string of the molecule is COC(=O)C1COCCN1S(=O)(=O)C1CCCCC1. The van der Waals surface area contributed by atoms with E-state index in [1.165, 1.54) is 11.4 Å². The molecule has 1 saturated heterocycles. The van der Waals surface area contributed by atoms with E-state index in [1.54, 1.807) is 0 Å². The van der Waals surface area contributed by atoms with Crippen LogP contribution in [0.5, 0.6) is 0 Å². The number of sulfonamides is 1. The van der Waals surface area contributed by atoms with Crippen LogP contribution in [-0.4, -0.2) is 56.9 Å². The molecular formula is C12H21NO5S. The molecule has 0 N–H and O–H groups in total. The zero-order chi connectivity index (χ0) is 13.9. The molecule has 0 bridgehead atoms. The van der Waals surface area contributed by atoms with Gasteiger partial charge in [-0.1, -0.05) is 19.3 Å². The van der Waals surface area contributed by atoms with Gasteiger partial charge in [-0.05, 0) is 12.8 Å². The van der Waals surface area contributed by atoms with Gasteiger partial charge in [0.1, 0.15) is 6.04 Å². The van der Waals surface area contributed by atoms with E-state index >= 15 is 0 Å². The number of rotatable bonds is 3. The molecule has 1 aliphatic heterocycles. The molecule has 1 heterocycles. The first-order chi connectivity index (χ1) is 9.07. The molecule has 0 amide bonds. The van der Waals surface area contributed by atoms with E-state index in [2.05, 4.69) is 4.74 Å². The summed E-state index contributed by atoms with van der Waals surface area (Å²) in [5.41, 5.74) is 0. The van der Waals surface area contributed by atoms with Gasteiger partial charge in [0, 0.05) is 6.54 Å². The predicted octanol–water partition coefficient (Wildman–Crippen LogP) is 0.523. The molecule has 0 aromatic carbocycles. The number of esters is 1. The van der Waals surface area contributed by atoms with Crippen molar-refractivity contribution in [2.24, 2.45) is 0 Å². The van der Waals surface area contributed by atoms with Crippen LogP contribution < -0.4 is 0 Å². The van der Waals surface area contributed by atoms with Gasteiger partial charge in [0.15, 0.2) is 0 Å². The second-order valence-corrected chi connectivity index (χ2v) is 7.20. The smallest absolute Gasteiger partial charge is 0.326 e. The Balaban J connectivity index is 2.18. The van der Waals surface area contributed by atoms with Crippen molar-refractivity contribution in [3.8, 4) is 0 Å². The van der Waals surface area contributed by atoms with Crippen molar-refractivity contribution in [3.63, 3.8) is 0 Å². The summed E-state index contributed by atoms with van der Waals surface area (Å²) >= 11 is 0. The van der Waals surface area contributed by atoms with E-state index in [0.29, 0.717) is 19.4 Å². The quantitative estimate of drug-likeness (QED) is 0.709. The fraction of sp³-hybridized carbons (Fsp3) is 0.917. The summed E-state index contributed by atoms with van der Waals surface area (Å²) in [6.07, 6.45) is 4.35. The fourth-order valence-electron chi connectivity index (χ4n) is 2.77.